The molecule has 0 bridgehead atoms. The van der Waals surface area contributed by atoms with E-state index in [1.165, 1.54) is 12.3 Å². The Morgan fingerprint density at radius 2 is 2.18 bits per heavy atom. The highest BCUT2D eigenvalue weighted by Crippen LogP contribution is 2.20. The Balaban J connectivity index is 1.50. The predicted octanol–water partition coefficient (Wildman–Crippen LogP) is 1.76. The maximum Gasteiger partial charge on any atom is 0.321 e. The van der Waals surface area contributed by atoms with Gasteiger partial charge >= 0.3 is 6.03 Å². The minimum absolute atomic E-state index is 0.157. The summed E-state index contributed by atoms with van der Waals surface area (Å²) in [4.78, 5) is 17.5. The van der Waals surface area contributed by atoms with Gasteiger partial charge in [-0.1, -0.05) is 5.21 Å². The van der Waals surface area contributed by atoms with Crippen LogP contribution >= 0.6 is 0 Å². The van der Waals surface area contributed by atoms with E-state index < -0.39 is 5.82 Å². The second-order valence-corrected chi connectivity index (χ2v) is 5.34. The Morgan fingerprint density at radius 3 is 2.86 bits per heavy atom. The zero-order valence-electron chi connectivity index (χ0n) is 12.0. The molecule has 1 saturated heterocycles. The van der Waals surface area contributed by atoms with Crippen LogP contribution in [0.15, 0.2) is 30.9 Å². The number of likely N-dealkylation sites (tertiary alicyclic amines) is 1. The summed E-state index contributed by atoms with van der Waals surface area (Å²) in [6.45, 7) is 2.12. The van der Waals surface area contributed by atoms with Gasteiger partial charge in [-0.15, -0.1) is 5.10 Å². The van der Waals surface area contributed by atoms with Crippen molar-refractivity contribution in [1.29, 1.82) is 0 Å². The smallest absolute Gasteiger partial charge is 0.321 e. The highest BCUT2D eigenvalue weighted by atomic mass is 19.1. The molecule has 3 heterocycles. The van der Waals surface area contributed by atoms with Crippen LogP contribution in [0, 0.1) is 11.7 Å². The van der Waals surface area contributed by atoms with Crippen molar-refractivity contribution in [3.63, 3.8) is 0 Å². The summed E-state index contributed by atoms with van der Waals surface area (Å²) in [6.07, 6.45) is 7.82. The fourth-order valence-electron chi connectivity index (χ4n) is 2.58. The Morgan fingerprint density at radius 1 is 1.36 bits per heavy atom. The van der Waals surface area contributed by atoms with Crippen molar-refractivity contribution in [2.24, 2.45) is 5.92 Å². The van der Waals surface area contributed by atoms with Gasteiger partial charge in [0.2, 0.25) is 0 Å². The number of pyridine rings is 1. The van der Waals surface area contributed by atoms with Gasteiger partial charge in [0.25, 0.3) is 0 Å². The topological polar surface area (TPSA) is 75.9 Å². The number of nitrogens with one attached hydrogen (secondary N) is 1. The number of aromatic nitrogens is 4. The van der Waals surface area contributed by atoms with Crippen LogP contribution in [0.2, 0.25) is 0 Å². The van der Waals surface area contributed by atoms with E-state index in [1.807, 2.05) is 10.9 Å². The van der Waals surface area contributed by atoms with E-state index in [4.69, 9.17) is 0 Å². The normalized spacial score (nSPS) is 15.8. The average Bonchev–Trinajstić information content (AvgIpc) is 3.03. The first-order valence-corrected chi connectivity index (χ1v) is 7.22. The zero-order valence-corrected chi connectivity index (χ0v) is 12.0. The lowest BCUT2D eigenvalue weighted by atomic mass is 9.97. The van der Waals surface area contributed by atoms with Crippen LogP contribution in [0.4, 0.5) is 14.9 Å². The average molecular weight is 304 g/mol. The molecule has 8 heteroatoms. The third-order valence-electron chi connectivity index (χ3n) is 3.83. The summed E-state index contributed by atoms with van der Waals surface area (Å²) in [5, 5.41) is 10.3. The van der Waals surface area contributed by atoms with Crippen LogP contribution in [0.25, 0.3) is 0 Å². The molecular formula is C14H17FN6O. The summed E-state index contributed by atoms with van der Waals surface area (Å²) in [5.41, 5.74) is 0.157. The summed E-state index contributed by atoms with van der Waals surface area (Å²) in [6, 6.07) is 1.18. The van der Waals surface area contributed by atoms with Crippen molar-refractivity contribution in [1.82, 2.24) is 24.9 Å². The molecule has 1 N–H and O–H groups in total. The SMILES string of the molecule is O=C(Nc1ccncc1F)N1CCC(Cn2ccnn2)CC1. The van der Waals surface area contributed by atoms with Crippen LogP contribution in [0.1, 0.15) is 12.8 Å². The Bertz CT molecular complexity index is 624. The number of carbonyl (C=O) groups excluding carboxylic acids is 1. The minimum Gasteiger partial charge on any atom is -0.325 e. The standard InChI is InChI=1S/C14H17FN6O/c15-12-9-16-4-1-13(12)18-14(22)20-6-2-11(3-7-20)10-21-8-5-17-19-21/h1,4-5,8-9,11H,2-3,6-7,10H2,(H,16,18,22). The van der Waals surface area contributed by atoms with Crippen LogP contribution < -0.4 is 5.32 Å². The summed E-state index contributed by atoms with van der Waals surface area (Å²) in [5.74, 6) is -0.0553. The number of piperidine rings is 1. The summed E-state index contributed by atoms with van der Waals surface area (Å²) < 4.78 is 15.3. The molecule has 0 aliphatic carbocycles. The fraction of sp³-hybridized carbons (Fsp3) is 0.429. The molecule has 0 radical (unpaired) electrons. The van der Waals surface area contributed by atoms with E-state index in [1.54, 1.807) is 11.1 Å². The number of urea groups is 1. The molecule has 1 aliphatic heterocycles. The van der Waals surface area contributed by atoms with Crippen LogP contribution in [0.5, 0.6) is 0 Å². The molecule has 22 heavy (non-hydrogen) atoms. The van der Waals surface area contributed by atoms with Crippen molar-refractivity contribution >= 4 is 11.7 Å². The Hall–Kier alpha value is -2.51. The molecule has 1 aliphatic rings. The van der Waals surface area contributed by atoms with Gasteiger partial charge in [-0.05, 0) is 24.8 Å². The van der Waals surface area contributed by atoms with Gasteiger partial charge in [0, 0.05) is 32.0 Å². The molecule has 7 nitrogen and oxygen atoms in total. The lowest BCUT2D eigenvalue weighted by Gasteiger charge is -2.31. The predicted molar refractivity (Wildman–Crippen MR) is 77.5 cm³/mol. The first-order valence-electron chi connectivity index (χ1n) is 7.22. The maximum atomic E-state index is 13.5. The van der Waals surface area contributed by atoms with E-state index in [0.717, 1.165) is 25.6 Å². The zero-order chi connectivity index (χ0) is 15.4. The number of nitrogens with zero attached hydrogens (tertiary/aromatic N) is 5. The molecule has 0 unspecified atom stereocenters. The van der Waals surface area contributed by atoms with Gasteiger partial charge in [0.05, 0.1) is 18.1 Å². The van der Waals surface area contributed by atoms with Gasteiger partial charge in [0.15, 0.2) is 5.82 Å². The molecule has 2 aromatic heterocycles. The molecule has 1 fully saturated rings. The second kappa shape index (κ2) is 6.50. The van der Waals surface area contributed by atoms with E-state index in [9.17, 15) is 9.18 Å². The number of anilines is 1. The number of rotatable bonds is 3. The number of carbonyl (C=O) groups is 1. The fourth-order valence-corrected chi connectivity index (χ4v) is 2.58. The third-order valence-corrected chi connectivity index (χ3v) is 3.83. The molecular weight excluding hydrogens is 287 g/mol. The van der Waals surface area contributed by atoms with E-state index >= 15 is 0 Å². The monoisotopic (exact) mass is 304 g/mol. The summed E-state index contributed by atoms with van der Waals surface area (Å²) in [7, 11) is 0. The van der Waals surface area contributed by atoms with Crippen LogP contribution in [-0.2, 0) is 6.54 Å². The van der Waals surface area contributed by atoms with Crippen molar-refractivity contribution in [2.75, 3.05) is 18.4 Å². The number of hydrogen-bond donors (Lipinski definition) is 1. The minimum atomic E-state index is -0.531. The maximum absolute atomic E-state index is 13.5. The lowest BCUT2D eigenvalue weighted by molar-refractivity contribution is 0.175. The van der Waals surface area contributed by atoms with Crippen molar-refractivity contribution in [3.8, 4) is 0 Å². The van der Waals surface area contributed by atoms with Crippen LogP contribution in [-0.4, -0.2) is 44.0 Å². The van der Waals surface area contributed by atoms with Crippen molar-refractivity contribution < 1.29 is 9.18 Å². The highest BCUT2D eigenvalue weighted by molar-refractivity contribution is 5.89. The highest BCUT2D eigenvalue weighted by Gasteiger charge is 2.23. The van der Waals surface area contributed by atoms with Gasteiger partial charge in [-0.3, -0.25) is 9.67 Å². The van der Waals surface area contributed by atoms with E-state index in [2.05, 4.69) is 20.6 Å². The Labute approximate surface area is 127 Å². The molecule has 0 aromatic carbocycles. The van der Waals surface area contributed by atoms with Gasteiger partial charge in [0.1, 0.15) is 0 Å². The number of amides is 2. The molecule has 3 rings (SSSR count). The van der Waals surface area contributed by atoms with Gasteiger partial charge in [-0.2, -0.15) is 0 Å². The molecule has 0 atom stereocenters. The summed E-state index contributed by atoms with van der Waals surface area (Å²) >= 11 is 0. The van der Waals surface area contributed by atoms with Crippen molar-refractivity contribution in [2.45, 2.75) is 19.4 Å². The first kappa shape index (κ1) is 14.4. The second-order valence-electron chi connectivity index (χ2n) is 5.34. The van der Waals surface area contributed by atoms with Crippen molar-refractivity contribution in [3.05, 3.63) is 36.7 Å². The first-order chi connectivity index (χ1) is 10.7. The Kier molecular flexibility index (Phi) is 4.27. The van der Waals surface area contributed by atoms with Gasteiger partial charge in [-0.25, -0.2) is 9.18 Å². The van der Waals surface area contributed by atoms with E-state index in [-0.39, 0.29) is 11.7 Å². The largest absolute Gasteiger partial charge is 0.325 e. The number of hydrogen-bond acceptors (Lipinski definition) is 4. The molecule has 2 aromatic rings. The quantitative estimate of drug-likeness (QED) is 0.937. The third kappa shape index (κ3) is 3.38. The van der Waals surface area contributed by atoms with E-state index in [0.29, 0.717) is 19.0 Å². The van der Waals surface area contributed by atoms with Crippen LogP contribution in [0.3, 0.4) is 0 Å². The molecule has 0 saturated carbocycles. The lowest BCUT2D eigenvalue weighted by Crippen LogP contribution is -2.41. The number of halogens is 1. The molecule has 116 valence electrons. The molecule has 0 spiro atoms. The van der Waals surface area contributed by atoms with Gasteiger partial charge < -0.3 is 10.2 Å². The molecule has 2 amide bonds.